The van der Waals surface area contributed by atoms with Crippen LogP contribution in [0.25, 0.3) is 17.4 Å². The summed E-state index contributed by atoms with van der Waals surface area (Å²) in [6.07, 6.45) is 2.05. The molecule has 0 spiro atoms. The van der Waals surface area contributed by atoms with Gasteiger partial charge in [0.15, 0.2) is 13.1 Å². The van der Waals surface area contributed by atoms with Crippen LogP contribution in [0.1, 0.15) is 70.3 Å². The molecule has 1 aromatic carbocycles. The first kappa shape index (κ1) is 43.8. The van der Waals surface area contributed by atoms with Gasteiger partial charge in [0.25, 0.3) is 0 Å². The fourth-order valence-electron chi connectivity index (χ4n) is 6.64. The molecule has 0 bridgehead atoms. The van der Waals surface area contributed by atoms with Crippen LogP contribution in [0.4, 0.5) is 5.69 Å². The van der Waals surface area contributed by atoms with Gasteiger partial charge in [0.2, 0.25) is 5.36 Å². The van der Waals surface area contributed by atoms with Crippen molar-refractivity contribution < 1.29 is 79.3 Å². The van der Waals surface area contributed by atoms with Gasteiger partial charge >= 0.3 is 35.5 Å². The molecule has 0 aromatic heterocycles. The van der Waals surface area contributed by atoms with E-state index in [1.165, 1.54) is 18.2 Å². The summed E-state index contributed by atoms with van der Waals surface area (Å²) in [5.41, 5.74) is 2.06. The Morgan fingerprint density at radius 1 is 1.00 bits per heavy atom. The summed E-state index contributed by atoms with van der Waals surface area (Å²) < 4.78 is 90.6. The van der Waals surface area contributed by atoms with E-state index in [0.717, 1.165) is 16.5 Å². The van der Waals surface area contributed by atoms with E-state index in [9.17, 15) is 35.8 Å². The van der Waals surface area contributed by atoms with Gasteiger partial charge in [-0.15, -0.1) is 0 Å². The number of rotatable bonds is 16. The smallest absolute Gasteiger partial charge is 0.748 e. The molecule has 1 N–H and O–H groups in total. The van der Waals surface area contributed by atoms with E-state index < -0.39 is 42.3 Å². The van der Waals surface area contributed by atoms with Crippen LogP contribution in [0.2, 0.25) is 0 Å². The molecule has 13 nitrogen and oxygen atoms in total. The zero-order valence-electron chi connectivity index (χ0n) is 30.9. The van der Waals surface area contributed by atoms with Crippen molar-refractivity contribution in [3.8, 4) is 11.3 Å². The Labute approximate surface area is 328 Å². The van der Waals surface area contributed by atoms with Gasteiger partial charge in [-0.05, 0) is 73.1 Å². The van der Waals surface area contributed by atoms with Crippen molar-refractivity contribution in [2.24, 2.45) is 0 Å². The molecule has 0 amide bonds. The van der Waals surface area contributed by atoms with Crippen molar-refractivity contribution in [1.82, 2.24) is 4.58 Å². The van der Waals surface area contributed by atoms with Crippen molar-refractivity contribution in [3.63, 3.8) is 0 Å². The molecular weight excluding hydrogens is 724 g/mol. The summed E-state index contributed by atoms with van der Waals surface area (Å²) in [7, 11) is -6.11. The Morgan fingerprint density at radius 2 is 1.65 bits per heavy atom. The number of carboxylic acids is 1. The molecular formula is C36H47N2NaO11S2. The zero-order valence-corrected chi connectivity index (χ0v) is 34.6. The average molecular weight is 771 g/mol. The maximum atomic E-state index is 12.1. The number of hydrogen-bond donors (Lipinski definition) is 1. The van der Waals surface area contributed by atoms with Crippen LogP contribution in [0.5, 0.6) is 0 Å². The minimum absolute atomic E-state index is 0. The quantitative estimate of drug-likeness (QED) is 0.124. The van der Waals surface area contributed by atoms with Crippen molar-refractivity contribution >= 4 is 38.0 Å². The number of fused-ring (bicyclic) bond motifs is 2. The number of hydrogen-bond acceptors (Lipinski definition) is 11. The van der Waals surface area contributed by atoms with E-state index >= 15 is 0 Å². The van der Waals surface area contributed by atoms with Crippen molar-refractivity contribution in [3.05, 3.63) is 70.4 Å². The van der Waals surface area contributed by atoms with Crippen molar-refractivity contribution in [2.75, 3.05) is 57.7 Å². The van der Waals surface area contributed by atoms with Gasteiger partial charge in [0, 0.05) is 67.4 Å². The van der Waals surface area contributed by atoms with Crippen LogP contribution >= 0.6 is 0 Å². The van der Waals surface area contributed by atoms with Gasteiger partial charge in [-0.3, -0.25) is 4.79 Å². The first-order valence-corrected chi connectivity index (χ1v) is 19.7. The fraction of sp³-hybridized carbons (Fsp3) is 0.500. The number of ether oxygens (including phenoxy) is 2. The number of anilines is 1. The number of carbonyl (C=O) groups is 1. The third kappa shape index (κ3) is 10.8. The second-order valence-electron chi connectivity index (χ2n) is 14.0. The van der Waals surface area contributed by atoms with Crippen LogP contribution in [0.15, 0.2) is 57.5 Å². The summed E-state index contributed by atoms with van der Waals surface area (Å²) >= 11 is 0. The molecule has 0 saturated heterocycles. The molecule has 280 valence electrons. The number of carboxylic acid groups (broad SMARTS) is 1. The average Bonchev–Trinajstić information content (AvgIpc) is 3.25. The Morgan fingerprint density at radius 3 is 2.21 bits per heavy atom. The molecule has 3 aliphatic rings. The minimum atomic E-state index is -4.85. The third-order valence-electron chi connectivity index (χ3n) is 9.19. The maximum Gasteiger partial charge on any atom is 1.00 e. The van der Waals surface area contributed by atoms with Crippen LogP contribution in [-0.2, 0) is 45.3 Å². The molecule has 4 rings (SSSR count). The van der Waals surface area contributed by atoms with E-state index in [-0.39, 0.29) is 67.2 Å². The topological polar surface area (TPSA) is 190 Å². The molecule has 0 radical (unpaired) electrons. The molecule has 0 fully saturated rings. The molecule has 1 atom stereocenters. The first-order valence-electron chi connectivity index (χ1n) is 16.7. The summed E-state index contributed by atoms with van der Waals surface area (Å²) in [4.78, 5) is 12.9. The summed E-state index contributed by atoms with van der Waals surface area (Å²) in [6.45, 7) is 10.4. The molecule has 0 saturated carbocycles. The predicted molar refractivity (Wildman–Crippen MR) is 191 cm³/mol. The van der Waals surface area contributed by atoms with E-state index in [4.69, 9.17) is 13.9 Å². The van der Waals surface area contributed by atoms with Gasteiger partial charge in [-0.1, -0.05) is 20.8 Å². The van der Waals surface area contributed by atoms with Crippen LogP contribution in [0, 0.1) is 0 Å². The maximum absolute atomic E-state index is 12.1. The normalized spacial score (nSPS) is 17.0. The standard InChI is InChI=1S/C36H48N2O11S2.Na/c1-35(2,3)29-22-26(49-32-21-25(10-12-28(29)32)37(16-18-47-5)17-19-48-6)23-33-36(4,14-7-9-34(39)40)30-24-27(51(44,45)46)11-13-31(30)38(33)15-8-20-50(41,42)43;/h10-13,21-24H,7-9,14-20H2,1-6H3,(H2-,39,40,41,42,43,44,45,46);/q;+1/p-1. The number of allylic oxidation sites excluding steroid dienone is 1. The summed E-state index contributed by atoms with van der Waals surface area (Å²) in [5, 5.41) is 10.4. The van der Waals surface area contributed by atoms with Gasteiger partial charge < -0.3 is 33.0 Å². The van der Waals surface area contributed by atoms with E-state index in [1.807, 2.05) is 31.2 Å². The predicted octanol–water partition coefficient (Wildman–Crippen LogP) is 0.964. The zero-order chi connectivity index (χ0) is 37.8. The van der Waals surface area contributed by atoms with Crippen molar-refractivity contribution in [2.45, 2.75) is 69.1 Å². The monoisotopic (exact) mass is 770 g/mol. The molecule has 2 aliphatic heterocycles. The van der Waals surface area contributed by atoms with Crippen molar-refractivity contribution in [1.29, 1.82) is 0 Å². The Bertz CT molecular complexity index is 2030. The summed E-state index contributed by atoms with van der Waals surface area (Å²) in [6, 6.07) is 11.9. The van der Waals surface area contributed by atoms with Gasteiger partial charge in [0.05, 0.1) is 21.1 Å². The number of aliphatic carboxylic acids is 1. The molecule has 16 heteroatoms. The second-order valence-corrected chi connectivity index (χ2v) is 16.9. The molecule has 1 aliphatic carbocycles. The molecule has 1 unspecified atom stereocenters. The van der Waals surface area contributed by atoms with Gasteiger partial charge in [-0.25, -0.2) is 21.4 Å². The minimum Gasteiger partial charge on any atom is -0.748 e. The van der Waals surface area contributed by atoms with E-state index in [0.29, 0.717) is 54.8 Å². The van der Waals surface area contributed by atoms with Gasteiger partial charge in [0.1, 0.15) is 34.9 Å². The van der Waals surface area contributed by atoms with Crippen LogP contribution < -0.4 is 44.4 Å². The molecule has 2 heterocycles. The van der Waals surface area contributed by atoms with Crippen LogP contribution in [-0.4, -0.2) is 89.8 Å². The Balaban J connectivity index is 0.00000729. The second kappa shape index (κ2) is 17.7. The van der Waals surface area contributed by atoms with Crippen LogP contribution in [0.3, 0.4) is 0 Å². The largest absolute Gasteiger partial charge is 1.00 e. The number of nitrogens with zero attached hydrogens (tertiary/aromatic N) is 2. The SMILES string of the molecule is COCC[N+](CCOC)=c1ccc2c(C(C)(C)C)cc(/C=C3/N(CCCS(=O)(=O)[O-])c4ccc(S(=O)(=O)[O-])cc4C3(C)CCCC(=O)O)oc-2c1.[Na+]. The molecule has 1 aromatic rings. The van der Waals surface area contributed by atoms with E-state index in [1.54, 1.807) is 25.2 Å². The Hall–Kier alpha value is -2.60. The molecule has 52 heavy (non-hydrogen) atoms. The summed E-state index contributed by atoms with van der Waals surface area (Å²) in [5.74, 6) is -0.598. The fourth-order valence-corrected chi connectivity index (χ4v) is 7.62. The van der Waals surface area contributed by atoms with E-state index in [2.05, 4.69) is 25.3 Å². The number of methoxy groups -OCH3 is 2. The van der Waals surface area contributed by atoms with Gasteiger partial charge in [-0.2, -0.15) is 0 Å². The Kier molecular flexibility index (Phi) is 14.9. The third-order valence-corrected chi connectivity index (χ3v) is 10.8. The first-order chi connectivity index (χ1) is 23.8. The number of benzene rings is 2.